The Morgan fingerprint density at radius 2 is 1.11 bits per heavy atom. The average Bonchev–Trinajstić information content (AvgIpc) is 3.26. The Labute approximate surface area is 204 Å². The zero-order valence-electron chi connectivity index (χ0n) is 19.1. The molecule has 164 valence electrons. The zero-order valence-corrected chi connectivity index (χ0v) is 19.1. The van der Waals surface area contributed by atoms with Crippen LogP contribution in [0, 0.1) is 0 Å². The molecule has 1 heterocycles. The molecule has 2 nitrogen and oxygen atoms in total. The molecule has 0 saturated carbocycles. The molecule has 0 radical (unpaired) electrons. The summed E-state index contributed by atoms with van der Waals surface area (Å²) in [5.41, 5.74) is 9.90. The third-order valence-corrected chi connectivity index (χ3v) is 6.86. The summed E-state index contributed by atoms with van der Waals surface area (Å²) in [5.74, 6) is 0.895. The molecule has 0 amide bonds. The molecule has 1 aromatic heterocycles. The van der Waals surface area contributed by atoms with Gasteiger partial charge in [0.25, 0.3) is 0 Å². The largest absolute Gasteiger partial charge is 0.295 e. The maximum Gasteiger partial charge on any atom is 0.137 e. The van der Waals surface area contributed by atoms with Crippen molar-refractivity contribution in [1.82, 2.24) is 4.98 Å². The van der Waals surface area contributed by atoms with Gasteiger partial charge in [-0.1, -0.05) is 91.0 Å². The van der Waals surface area contributed by atoms with Crippen molar-refractivity contribution in [3.63, 3.8) is 0 Å². The summed E-state index contributed by atoms with van der Waals surface area (Å²) >= 11 is 0. The second-order valence-corrected chi connectivity index (χ2v) is 8.84. The van der Waals surface area contributed by atoms with Crippen LogP contribution in [0.3, 0.4) is 0 Å². The van der Waals surface area contributed by atoms with E-state index in [0.29, 0.717) is 0 Å². The van der Waals surface area contributed by atoms with Gasteiger partial charge in [-0.15, -0.1) is 0 Å². The van der Waals surface area contributed by atoms with E-state index in [-0.39, 0.29) is 0 Å². The molecule has 0 N–H and O–H groups in total. The maximum atomic E-state index is 4.66. The summed E-state index contributed by atoms with van der Waals surface area (Å²) in [7, 11) is 0. The summed E-state index contributed by atoms with van der Waals surface area (Å²) in [5, 5.41) is 2.64. The molecule has 1 aliphatic carbocycles. The first-order valence-electron chi connectivity index (χ1n) is 11.9. The number of benzene rings is 5. The van der Waals surface area contributed by atoms with Crippen LogP contribution in [-0.4, -0.2) is 4.98 Å². The van der Waals surface area contributed by atoms with Crippen molar-refractivity contribution < 1.29 is 0 Å². The average molecular weight is 447 g/mol. The van der Waals surface area contributed by atoms with Crippen molar-refractivity contribution in [3.05, 3.63) is 134 Å². The molecule has 0 spiro atoms. The van der Waals surface area contributed by atoms with Crippen molar-refractivity contribution in [2.24, 2.45) is 0 Å². The normalized spacial score (nSPS) is 11.4. The number of fused-ring (bicyclic) bond motifs is 3. The molecule has 0 atom stereocenters. The highest BCUT2D eigenvalue weighted by Crippen LogP contribution is 2.49. The molecule has 0 unspecified atom stereocenters. The third kappa shape index (κ3) is 3.15. The standard InChI is InChI=1S/C33H22N2/c1-2-11-24(12-3-1)35(32-18-6-7-21-34-32)25-13-8-10-23(22-25)26-19-20-31-28-15-5-4-14-27(28)30-17-9-16-29(26)33(30)31/h1-22H. The third-order valence-electron chi connectivity index (χ3n) is 6.86. The van der Waals surface area contributed by atoms with Gasteiger partial charge in [0.05, 0.1) is 0 Å². The first kappa shape index (κ1) is 19.7. The van der Waals surface area contributed by atoms with Crippen LogP contribution in [-0.2, 0) is 0 Å². The summed E-state index contributed by atoms with van der Waals surface area (Å²) in [6, 6.07) is 45.2. The van der Waals surface area contributed by atoms with Gasteiger partial charge in [0.1, 0.15) is 5.82 Å². The predicted molar refractivity (Wildman–Crippen MR) is 146 cm³/mol. The fourth-order valence-corrected chi connectivity index (χ4v) is 5.35. The lowest BCUT2D eigenvalue weighted by Gasteiger charge is -2.24. The molecule has 7 rings (SSSR count). The Morgan fingerprint density at radius 1 is 0.457 bits per heavy atom. The highest BCUT2D eigenvalue weighted by atomic mass is 15.2. The molecule has 0 fully saturated rings. The van der Waals surface area contributed by atoms with E-state index in [0.717, 1.165) is 17.2 Å². The molecule has 6 aromatic rings. The Hall–Kier alpha value is -4.69. The fraction of sp³-hybridized carbons (Fsp3) is 0. The van der Waals surface area contributed by atoms with Crippen LogP contribution >= 0.6 is 0 Å². The fourth-order valence-electron chi connectivity index (χ4n) is 5.35. The second kappa shape index (κ2) is 7.96. The molecule has 0 saturated heterocycles. The number of hydrogen-bond donors (Lipinski definition) is 0. The van der Waals surface area contributed by atoms with Crippen molar-refractivity contribution in [2.75, 3.05) is 4.90 Å². The van der Waals surface area contributed by atoms with E-state index in [9.17, 15) is 0 Å². The van der Waals surface area contributed by atoms with Gasteiger partial charge < -0.3 is 0 Å². The Kier molecular flexibility index (Phi) is 4.49. The topological polar surface area (TPSA) is 16.1 Å². The Balaban J connectivity index is 1.41. The van der Waals surface area contributed by atoms with Crippen LogP contribution in [0.5, 0.6) is 0 Å². The molecule has 0 aliphatic heterocycles. The molecule has 2 heteroatoms. The SMILES string of the molecule is c1ccc(N(c2cccc(-c3ccc4c5c(cccc35)-c3ccccc3-4)c2)c2ccccn2)cc1. The summed E-state index contributed by atoms with van der Waals surface area (Å²) in [4.78, 5) is 6.87. The van der Waals surface area contributed by atoms with Gasteiger partial charge in [0.15, 0.2) is 0 Å². The van der Waals surface area contributed by atoms with Crippen LogP contribution < -0.4 is 4.90 Å². The molecule has 5 aromatic carbocycles. The lowest BCUT2D eigenvalue weighted by atomic mass is 9.94. The van der Waals surface area contributed by atoms with Gasteiger partial charge in [0.2, 0.25) is 0 Å². The van der Waals surface area contributed by atoms with E-state index < -0.39 is 0 Å². The van der Waals surface area contributed by atoms with Gasteiger partial charge in [0, 0.05) is 17.6 Å². The lowest BCUT2D eigenvalue weighted by molar-refractivity contribution is 1.18. The predicted octanol–water partition coefficient (Wildman–Crippen LogP) is 9.02. The van der Waals surface area contributed by atoms with Gasteiger partial charge in [-0.25, -0.2) is 4.98 Å². The quantitative estimate of drug-likeness (QED) is 0.268. The van der Waals surface area contributed by atoms with Crippen LogP contribution in [0.4, 0.5) is 17.2 Å². The van der Waals surface area contributed by atoms with Crippen molar-refractivity contribution in [3.8, 4) is 33.4 Å². The molecular formula is C33H22N2. The number of hydrogen-bond acceptors (Lipinski definition) is 2. The Morgan fingerprint density at radius 3 is 1.91 bits per heavy atom. The number of aromatic nitrogens is 1. The Bertz CT molecular complexity index is 1620. The minimum Gasteiger partial charge on any atom is -0.295 e. The number of anilines is 3. The van der Waals surface area contributed by atoms with Crippen LogP contribution in [0.2, 0.25) is 0 Å². The van der Waals surface area contributed by atoms with Crippen LogP contribution in [0.25, 0.3) is 44.2 Å². The lowest BCUT2D eigenvalue weighted by Crippen LogP contribution is -2.11. The summed E-state index contributed by atoms with van der Waals surface area (Å²) in [6.07, 6.45) is 1.84. The zero-order chi connectivity index (χ0) is 23.2. The number of rotatable bonds is 4. The van der Waals surface area contributed by atoms with Crippen molar-refractivity contribution in [1.29, 1.82) is 0 Å². The van der Waals surface area contributed by atoms with E-state index in [1.54, 1.807) is 0 Å². The van der Waals surface area contributed by atoms with E-state index in [1.165, 1.54) is 44.2 Å². The summed E-state index contributed by atoms with van der Waals surface area (Å²) < 4.78 is 0. The monoisotopic (exact) mass is 446 g/mol. The van der Waals surface area contributed by atoms with Crippen LogP contribution in [0.15, 0.2) is 134 Å². The van der Waals surface area contributed by atoms with Crippen molar-refractivity contribution >= 4 is 28.0 Å². The molecule has 1 aliphatic rings. The number of nitrogens with zero attached hydrogens (tertiary/aromatic N) is 2. The van der Waals surface area contributed by atoms with Gasteiger partial charge in [-0.3, -0.25) is 4.90 Å². The second-order valence-electron chi connectivity index (χ2n) is 8.84. The minimum atomic E-state index is 0.895. The molecule has 35 heavy (non-hydrogen) atoms. The number of pyridine rings is 1. The smallest absolute Gasteiger partial charge is 0.137 e. The van der Waals surface area contributed by atoms with Gasteiger partial charge >= 0.3 is 0 Å². The first-order valence-corrected chi connectivity index (χ1v) is 11.9. The van der Waals surface area contributed by atoms with E-state index in [4.69, 9.17) is 0 Å². The number of para-hydroxylation sites is 1. The summed E-state index contributed by atoms with van der Waals surface area (Å²) in [6.45, 7) is 0. The van der Waals surface area contributed by atoms with Crippen molar-refractivity contribution in [2.45, 2.75) is 0 Å². The first-order chi connectivity index (χ1) is 17.4. The van der Waals surface area contributed by atoms with Gasteiger partial charge in [-0.05, 0) is 80.6 Å². The van der Waals surface area contributed by atoms with E-state index in [1.807, 2.05) is 24.4 Å². The highest BCUT2D eigenvalue weighted by molar-refractivity contribution is 6.18. The molecule has 0 bridgehead atoms. The van der Waals surface area contributed by atoms with Crippen LogP contribution in [0.1, 0.15) is 0 Å². The van der Waals surface area contributed by atoms with Gasteiger partial charge in [-0.2, -0.15) is 0 Å². The van der Waals surface area contributed by atoms with E-state index >= 15 is 0 Å². The molecular weight excluding hydrogens is 424 g/mol. The van der Waals surface area contributed by atoms with E-state index in [2.05, 4.69) is 119 Å². The highest BCUT2D eigenvalue weighted by Gasteiger charge is 2.22. The maximum absolute atomic E-state index is 4.66. The minimum absolute atomic E-state index is 0.895.